The highest BCUT2D eigenvalue weighted by Gasteiger charge is 1.45. The molecule has 0 bridgehead atoms. The van der Waals surface area contributed by atoms with Crippen LogP contribution in [-0.2, 0) is 0 Å². The number of nitrogens with zero attached hydrogens (tertiary/aromatic N) is 1. The zero-order valence-corrected chi connectivity index (χ0v) is 3.81. The molecule has 0 heterocycles. The van der Waals surface area contributed by atoms with Crippen LogP contribution < -0.4 is 0 Å². The molecule has 0 aromatic heterocycles. The Morgan fingerprint density at radius 3 is 2.67 bits per heavy atom. The Labute approximate surface area is 37.7 Å². The molecule has 32 valence electrons. The number of aliphatic imine (C=N–C) groups is 1. The standard InChI is InChI=1S/C5H7N/c1-3-5-6-4-2/h3,5H,2H2,1H3/b5-3+. The molecular formula is C5H7N. The van der Waals surface area contributed by atoms with Crippen LogP contribution in [0.1, 0.15) is 6.92 Å². The molecule has 0 atom stereocenters. The van der Waals surface area contributed by atoms with Crippen molar-refractivity contribution in [2.45, 2.75) is 6.92 Å². The first-order valence-electron chi connectivity index (χ1n) is 1.75. The number of allylic oxidation sites excluding steroid dienone is 1. The van der Waals surface area contributed by atoms with Crippen molar-refractivity contribution < 1.29 is 0 Å². The highest BCUT2D eigenvalue weighted by Crippen LogP contribution is 1.64. The van der Waals surface area contributed by atoms with Crippen LogP contribution in [0.4, 0.5) is 0 Å². The third kappa shape index (κ3) is 3.19. The fraction of sp³-hybridized carbons (Fsp3) is 0.200. The van der Waals surface area contributed by atoms with E-state index in [1.165, 1.54) is 0 Å². The largest absolute Gasteiger partial charge is 0.215 e. The molecule has 0 fully saturated rings. The van der Waals surface area contributed by atoms with Gasteiger partial charge < -0.3 is 0 Å². The van der Waals surface area contributed by atoms with Crippen LogP contribution in [0.15, 0.2) is 23.8 Å². The molecule has 0 radical (unpaired) electrons. The molecule has 0 rings (SSSR count). The van der Waals surface area contributed by atoms with Gasteiger partial charge in [-0.15, -0.1) is 0 Å². The zero-order chi connectivity index (χ0) is 4.83. The van der Waals surface area contributed by atoms with E-state index in [0.717, 1.165) is 0 Å². The summed E-state index contributed by atoms with van der Waals surface area (Å²) in [5.41, 5.74) is 0. The van der Waals surface area contributed by atoms with E-state index >= 15 is 0 Å². The van der Waals surface area contributed by atoms with E-state index < -0.39 is 0 Å². The molecular weight excluding hydrogens is 74.1 g/mol. The van der Waals surface area contributed by atoms with Crippen LogP contribution in [0.3, 0.4) is 0 Å². The second-order valence-corrected chi connectivity index (χ2v) is 0.770. The monoisotopic (exact) mass is 81.1 g/mol. The van der Waals surface area contributed by atoms with Crippen LogP contribution in [0, 0.1) is 0 Å². The van der Waals surface area contributed by atoms with E-state index in [-0.39, 0.29) is 0 Å². The van der Waals surface area contributed by atoms with Gasteiger partial charge in [0, 0.05) is 6.20 Å². The van der Waals surface area contributed by atoms with E-state index in [1.807, 2.05) is 13.0 Å². The molecule has 6 heavy (non-hydrogen) atoms. The fourth-order valence-electron chi connectivity index (χ4n) is 0.127. The van der Waals surface area contributed by atoms with Gasteiger partial charge in [-0.1, -0.05) is 6.08 Å². The summed E-state index contributed by atoms with van der Waals surface area (Å²) in [5, 5.41) is 0. The molecule has 0 amide bonds. The Morgan fingerprint density at radius 1 is 1.83 bits per heavy atom. The summed E-state index contributed by atoms with van der Waals surface area (Å²) in [7, 11) is 0. The van der Waals surface area contributed by atoms with Gasteiger partial charge in [-0.3, -0.25) is 0 Å². The molecule has 1 nitrogen and oxygen atoms in total. The van der Waals surface area contributed by atoms with E-state index in [9.17, 15) is 0 Å². The average molecular weight is 81.1 g/mol. The van der Waals surface area contributed by atoms with E-state index in [2.05, 4.69) is 17.4 Å². The van der Waals surface area contributed by atoms with Crippen molar-refractivity contribution in [1.29, 1.82) is 0 Å². The third-order valence-electron chi connectivity index (χ3n) is 0.315. The molecule has 0 saturated carbocycles. The van der Waals surface area contributed by atoms with Gasteiger partial charge in [0.05, 0.1) is 0 Å². The van der Waals surface area contributed by atoms with Crippen LogP contribution in [0.2, 0.25) is 0 Å². The molecule has 0 aromatic carbocycles. The highest BCUT2D eigenvalue weighted by atomic mass is 14.6. The minimum atomic E-state index is 1.63. The lowest BCUT2D eigenvalue weighted by molar-refractivity contribution is 1.56. The molecule has 0 aliphatic rings. The highest BCUT2D eigenvalue weighted by molar-refractivity contribution is 5.47. The SMILES string of the molecule is C=C=N/C=C/C. The molecule has 0 aliphatic carbocycles. The van der Waals surface area contributed by atoms with Gasteiger partial charge in [-0.05, 0) is 19.4 Å². The third-order valence-corrected chi connectivity index (χ3v) is 0.315. The molecule has 0 spiro atoms. The summed E-state index contributed by atoms with van der Waals surface area (Å²) in [6.07, 6.45) is 3.45. The minimum absolute atomic E-state index is 1.63. The smallest absolute Gasteiger partial charge is 0.0325 e. The van der Waals surface area contributed by atoms with Crippen molar-refractivity contribution in [2.75, 3.05) is 0 Å². The molecule has 0 unspecified atom stereocenters. The Bertz CT molecular complexity index is 86.1. The van der Waals surface area contributed by atoms with Crippen molar-refractivity contribution >= 4 is 5.87 Å². The van der Waals surface area contributed by atoms with E-state index in [4.69, 9.17) is 0 Å². The van der Waals surface area contributed by atoms with Crippen LogP contribution in [-0.4, -0.2) is 5.87 Å². The molecule has 0 N–H and O–H groups in total. The van der Waals surface area contributed by atoms with Crippen molar-refractivity contribution in [3.05, 3.63) is 18.9 Å². The van der Waals surface area contributed by atoms with Crippen molar-refractivity contribution in [1.82, 2.24) is 0 Å². The van der Waals surface area contributed by atoms with Gasteiger partial charge in [-0.2, -0.15) is 0 Å². The van der Waals surface area contributed by atoms with Gasteiger partial charge >= 0.3 is 0 Å². The van der Waals surface area contributed by atoms with Crippen LogP contribution in [0.25, 0.3) is 0 Å². The van der Waals surface area contributed by atoms with E-state index in [0.29, 0.717) is 0 Å². The lowest BCUT2D eigenvalue weighted by Gasteiger charge is -1.58. The second-order valence-electron chi connectivity index (χ2n) is 0.770. The fourth-order valence-corrected chi connectivity index (χ4v) is 0.127. The lowest BCUT2D eigenvalue weighted by atomic mass is 10.7. The number of hydrogen-bond donors (Lipinski definition) is 0. The van der Waals surface area contributed by atoms with Crippen molar-refractivity contribution in [3.8, 4) is 0 Å². The number of rotatable bonds is 1. The van der Waals surface area contributed by atoms with E-state index in [1.54, 1.807) is 6.20 Å². The Morgan fingerprint density at radius 2 is 2.50 bits per heavy atom. The first-order valence-corrected chi connectivity index (χ1v) is 1.75. The second kappa shape index (κ2) is 4.19. The zero-order valence-electron chi connectivity index (χ0n) is 3.81. The first kappa shape index (κ1) is 5.19. The summed E-state index contributed by atoms with van der Waals surface area (Å²) >= 11 is 0. The summed E-state index contributed by atoms with van der Waals surface area (Å²) in [5.74, 6) is 2.36. The maximum Gasteiger partial charge on any atom is 0.0325 e. The van der Waals surface area contributed by atoms with Gasteiger partial charge in [0.1, 0.15) is 0 Å². The van der Waals surface area contributed by atoms with Crippen molar-refractivity contribution in [2.24, 2.45) is 4.99 Å². The van der Waals surface area contributed by atoms with Gasteiger partial charge in [0.25, 0.3) is 0 Å². The van der Waals surface area contributed by atoms with Gasteiger partial charge in [-0.25, -0.2) is 4.99 Å². The molecule has 0 aromatic rings. The summed E-state index contributed by atoms with van der Waals surface area (Å²) in [6, 6.07) is 0. The maximum absolute atomic E-state index is 3.55. The molecule has 1 heteroatoms. The molecule has 0 saturated heterocycles. The topological polar surface area (TPSA) is 12.4 Å². The van der Waals surface area contributed by atoms with Crippen molar-refractivity contribution in [3.63, 3.8) is 0 Å². The van der Waals surface area contributed by atoms with Crippen LogP contribution in [0.5, 0.6) is 0 Å². The Hall–Kier alpha value is -0.810. The normalized spacial score (nSPS) is 8.17. The molecule has 0 aliphatic heterocycles. The lowest BCUT2D eigenvalue weighted by Crippen LogP contribution is -1.41. The summed E-state index contributed by atoms with van der Waals surface area (Å²) < 4.78 is 0. The van der Waals surface area contributed by atoms with Crippen LogP contribution >= 0.6 is 0 Å². The predicted molar refractivity (Wildman–Crippen MR) is 27.9 cm³/mol. The summed E-state index contributed by atoms with van der Waals surface area (Å²) in [6.45, 7) is 5.14. The predicted octanol–water partition coefficient (Wildman–Crippen LogP) is 1.38. The van der Waals surface area contributed by atoms with Gasteiger partial charge in [0.15, 0.2) is 0 Å². The average Bonchev–Trinajstić information content (AvgIpc) is 1.61. The first-order chi connectivity index (χ1) is 2.91. The Kier molecular flexibility index (Phi) is 3.62. The quantitative estimate of drug-likeness (QED) is 0.423. The Balaban J connectivity index is 3.33. The van der Waals surface area contributed by atoms with Gasteiger partial charge in [0.2, 0.25) is 0 Å². The minimum Gasteiger partial charge on any atom is -0.215 e. The number of hydrogen-bond acceptors (Lipinski definition) is 1. The maximum atomic E-state index is 3.55. The summed E-state index contributed by atoms with van der Waals surface area (Å²) in [4.78, 5) is 3.55.